The summed E-state index contributed by atoms with van der Waals surface area (Å²) < 4.78 is 0. The number of hydrogen-bond donors (Lipinski definition) is 1. The second-order valence-electron chi connectivity index (χ2n) is 8.92. The fourth-order valence-corrected chi connectivity index (χ4v) is 6.16. The van der Waals surface area contributed by atoms with E-state index in [1.54, 1.807) is 12.4 Å². The van der Waals surface area contributed by atoms with Crippen LogP contribution in [0.1, 0.15) is 47.4 Å². The van der Waals surface area contributed by atoms with Crippen molar-refractivity contribution in [1.82, 2.24) is 14.9 Å². The summed E-state index contributed by atoms with van der Waals surface area (Å²) in [7, 11) is 0. The van der Waals surface area contributed by atoms with Crippen molar-refractivity contribution in [3.05, 3.63) is 88.2 Å². The van der Waals surface area contributed by atoms with Crippen molar-refractivity contribution in [1.29, 1.82) is 0 Å². The van der Waals surface area contributed by atoms with Crippen LogP contribution in [-0.4, -0.2) is 40.5 Å². The molecule has 0 spiro atoms. The van der Waals surface area contributed by atoms with Gasteiger partial charge in [-0.1, -0.05) is 41.9 Å². The van der Waals surface area contributed by atoms with Crippen molar-refractivity contribution in [3.8, 4) is 0 Å². The van der Waals surface area contributed by atoms with Crippen LogP contribution in [0.15, 0.2) is 60.9 Å². The molecule has 0 saturated carbocycles. The highest BCUT2D eigenvalue weighted by molar-refractivity contribution is 6.30. The summed E-state index contributed by atoms with van der Waals surface area (Å²) in [6.07, 6.45) is 6.99. The van der Waals surface area contributed by atoms with E-state index in [1.807, 2.05) is 6.07 Å². The van der Waals surface area contributed by atoms with Gasteiger partial charge in [0.1, 0.15) is 0 Å². The van der Waals surface area contributed by atoms with Crippen molar-refractivity contribution < 1.29 is 0 Å². The highest BCUT2D eigenvalue weighted by atomic mass is 35.5. The number of halogens is 1. The van der Waals surface area contributed by atoms with Crippen molar-refractivity contribution in [2.45, 2.75) is 36.6 Å². The lowest BCUT2D eigenvalue weighted by molar-refractivity contribution is 0.186. The van der Waals surface area contributed by atoms with Crippen LogP contribution >= 0.6 is 11.6 Å². The molecule has 30 heavy (non-hydrogen) atoms. The molecular weight excluding hydrogens is 392 g/mol. The molecule has 6 rings (SSSR count). The topological polar surface area (TPSA) is 41.0 Å². The fraction of sp³-hybridized carbons (Fsp3) is 0.360. The molecule has 1 N–H and O–H groups in total. The van der Waals surface area contributed by atoms with E-state index < -0.39 is 0 Å². The Kier molecular flexibility index (Phi) is 4.32. The molecule has 1 aliphatic heterocycles. The summed E-state index contributed by atoms with van der Waals surface area (Å²) in [5, 5.41) is 4.35. The number of likely N-dealkylation sites (tertiary alicyclic amines) is 1. The molecular formula is C25H25ClN4. The molecule has 152 valence electrons. The number of rotatable bonds is 4. The van der Waals surface area contributed by atoms with Gasteiger partial charge in [-0.25, -0.2) is 9.97 Å². The maximum Gasteiger partial charge on any atom is 0.222 e. The minimum atomic E-state index is 0.0737. The third-order valence-electron chi connectivity index (χ3n) is 7.29. The summed E-state index contributed by atoms with van der Waals surface area (Å²) in [4.78, 5) is 11.3. The van der Waals surface area contributed by atoms with Gasteiger partial charge in [-0.15, -0.1) is 0 Å². The van der Waals surface area contributed by atoms with Crippen LogP contribution in [0, 0.1) is 0 Å². The van der Waals surface area contributed by atoms with Gasteiger partial charge in [-0.2, -0.15) is 0 Å². The minimum absolute atomic E-state index is 0.0737. The van der Waals surface area contributed by atoms with Gasteiger partial charge in [0.25, 0.3) is 0 Å². The average Bonchev–Trinajstić information content (AvgIpc) is 3.27. The summed E-state index contributed by atoms with van der Waals surface area (Å²) in [6.45, 7) is 3.26. The van der Waals surface area contributed by atoms with Gasteiger partial charge >= 0.3 is 0 Å². The monoisotopic (exact) mass is 416 g/mol. The SMILES string of the molecule is Clc1ccc2c(c1)[C@@]1(CN3CCC(Nc4ncccn4)CC3)C[C@@H]2c2ccccc21. The molecule has 2 bridgehead atoms. The van der Waals surface area contributed by atoms with Crippen LogP contribution in [0.2, 0.25) is 5.02 Å². The molecule has 2 heterocycles. The summed E-state index contributed by atoms with van der Waals surface area (Å²) in [5.41, 5.74) is 6.05. The fourth-order valence-electron chi connectivity index (χ4n) is 5.99. The van der Waals surface area contributed by atoms with Gasteiger partial charge in [0.2, 0.25) is 5.95 Å². The van der Waals surface area contributed by atoms with E-state index in [1.165, 1.54) is 28.7 Å². The van der Waals surface area contributed by atoms with Crippen molar-refractivity contribution in [3.63, 3.8) is 0 Å². The lowest BCUT2D eigenvalue weighted by atomic mass is 9.74. The van der Waals surface area contributed by atoms with Gasteiger partial charge in [0.15, 0.2) is 0 Å². The van der Waals surface area contributed by atoms with Gasteiger partial charge in [-0.3, -0.25) is 0 Å². The normalized spacial score (nSPS) is 25.2. The zero-order chi connectivity index (χ0) is 20.1. The number of nitrogens with zero attached hydrogens (tertiary/aromatic N) is 3. The first-order chi connectivity index (χ1) is 14.7. The van der Waals surface area contributed by atoms with Crippen LogP contribution in [0.5, 0.6) is 0 Å². The van der Waals surface area contributed by atoms with Crippen molar-refractivity contribution in [2.24, 2.45) is 0 Å². The number of nitrogens with one attached hydrogen (secondary N) is 1. The zero-order valence-electron chi connectivity index (χ0n) is 16.9. The van der Waals surface area contributed by atoms with Crippen LogP contribution < -0.4 is 5.32 Å². The zero-order valence-corrected chi connectivity index (χ0v) is 17.6. The van der Waals surface area contributed by atoms with Crippen LogP contribution in [0.3, 0.4) is 0 Å². The first-order valence-electron chi connectivity index (χ1n) is 10.9. The average molecular weight is 417 g/mol. The van der Waals surface area contributed by atoms with Gasteiger partial charge in [0.05, 0.1) is 0 Å². The molecule has 0 unspecified atom stereocenters. The standard InChI is InChI=1S/C25H25ClN4/c26-17-6-7-20-21-15-25(23(20)14-17,22-5-2-1-4-19(21)22)16-30-12-8-18(9-13-30)29-24-27-10-3-11-28-24/h1-7,10-11,14,18,21H,8-9,12-13,15-16H2,(H,27,28,29)/t21-,25-/m1/s1. The van der Waals surface area contributed by atoms with Crippen molar-refractivity contribution in [2.75, 3.05) is 25.0 Å². The Balaban J connectivity index is 1.24. The molecule has 1 saturated heterocycles. The smallest absolute Gasteiger partial charge is 0.222 e. The number of aromatic nitrogens is 2. The van der Waals surface area contributed by atoms with E-state index in [-0.39, 0.29) is 5.41 Å². The third kappa shape index (κ3) is 2.85. The maximum atomic E-state index is 6.45. The second-order valence-corrected chi connectivity index (χ2v) is 9.36. The Morgan fingerprint density at radius 2 is 1.73 bits per heavy atom. The largest absolute Gasteiger partial charge is 0.351 e. The van der Waals surface area contributed by atoms with E-state index in [0.29, 0.717) is 12.0 Å². The molecule has 1 aromatic heterocycles. The Labute approximate surface area is 182 Å². The number of piperidine rings is 1. The van der Waals surface area contributed by atoms with Crippen LogP contribution in [-0.2, 0) is 5.41 Å². The highest BCUT2D eigenvalue weighted by Crippen LogP contribution is 2.60. The first kappa shape index (κ1) is 18.3. The maximum absolute atomic E-state index is 6.45. The number of benzene rings is 2. The van der Waals surface area contributed by atoms with E-state index in [0.717, 1.165) is 43.4 Å². The second kappa shape index (κ2) is 7.07. The Hall–Kier alpha value is -2.43. The molecule has 0 radical (unpaired) electrons. The van der Waals surface area contributed by atoms with Gasteiger partial charge < -0.3 is 10.2 Å². The minimum Gasteiger partial charge on any atom is -0.351 e. The Bertz CT molecular complexity index is 1080. The lowest BCUT2D eigenvalue weighted by Crippen LogP contribution is -2.46. The third-order valence-corrected chi connectivity index (χ3v) is 7.53. The van der Waals surface area contributed by atoms with E-state index >= 15 is 0 Å². The predicted molar refractivity (Wildman–Crippen MR) is 120 cm³/mol. The molecule has 0 amide bonds. The van der Waals surface area contributed by atoms with E-state index in [2.05, 4.69) is 62.6 Å². The highest BCUT2D eigenvalue weighted by Gasteiger charge is 2.53. The van der Waals surface area contributed by atoms with E-state index in [9.17, 15) is 0 Å². The molecule has 3 aromatic rings. The Morgan fingerprint density at radius 1 is 0.967 bits per heavy atom. The molecule has 5 heteroatoms. The number of anilines is 1. The van der Waals surface area contributed by atoms with Gasteiger partial charge in [-0.05, 0) is 59.7 Å². The van der Waals surface area contributed by atoms with Gasteiger partial charge in [0, 0.05) is 54.4 Å². The molecule has 3 aliphatic rings. The molecule has 2 aliphatic carbocycles. The predicted octanol–water partition coefficient (Wildman–Crippen LogP) is 4.84. The quantitative estimate of drug-likeness (QED) is 0.660. The molecule has 1 fully saturated rings. The van der Waals surface area contributed by atoms with Crippen LogP contribution in [0.4, 0.5) is 5.95 Å². The number of hydrogen-bond acceptors (Lipinski definition) is 4. The van der Waals surface area contributed by atoms with E-state index in [4.69, 9.17) is 11.6 Å². The lowest BCUT2D eigenvalue weighted by Gasteiger charge is -2.40. The summed E-state index contributed by atoms with van der Waals surface area (Å²) >= 11 is 6.45. The first-order valence-corrected chi connectivity index (χ1v) is 11.3. The van der Waals surface area contributed by atoms with Crippen LogP contribution in [0.25, 0.3) is 0 Å². The molecule has 2 aromatic carbocycles. The van der Waals surface area contributed by atoms with Crippen molar-refractivity contribution >= 4 is 17.5 Å². The molecule has 2 atom stereocenters. The summed E-state index contributed by atoms with van der Waals surface area (Å²) in [5.74, 6) is 1.25. The molecule has 4 nitrogen and oxygen atoms in total. The summed E-state index contributed by atoms with van der Waals surface area (Å²) in [6, 6.07) is 17.9. The number of fused-ring (bicyclic) bond motifs is 8. The Morgan fingerprint density at radius 3 is 2.57 bits per heavy atom.